The molecule has 3 aromatic carbocycles. The van der Waals surface area contributed by atoms with Crippen LogP contribution in [0.15, 0.2) is 83.8 Å². The number of benzene rings is 3. The molecule has 4 rings (SSSR count). The molecule has 1 aliphatic heterocycles. The Morgan fingerprint density at radius 2 is 1.56 bits per heavy atom. The van der Waals surface area contributed by atoms with E-state index >= 15 is 0 Å². The van der Waals surface area contributed by atoms with Crippen LogP contribution in [0.3, 0.4) is 0 Å². The van der Waals surface area contributed by atoms with Crippen LogP contribution >= 0.6 is 0 Å². The molecule has 34 heavy (non-hydrogen) atoms. The third-order valence-electron chi connectivity index (χ3n) is 5.92. The number of nitrogens with zero attached hydrogens (tertiary/aromatic N) is 1. The molecule has 1 heterocycles. The van der Waals surface area contributed by atoms with E-state index in [2.05, 4.69) is 0 Å². The van der Waals surface area contributed by atoms with Crippen LogP contribution in [-0.4, -0.2) is 45.3 Å². The molecule has 0 saturated carbocycles. The summed E-state index contributed by atoms with van der Waals surface area (Å²) in [5.41, 5.74) is 2.69. The Kier molecular flexibility index (Phi) is 7.40. The van der Waals surface area contributed by atoms with Crippen LogP contribution < -0.4 is 4.74 Å². The molecule has 0 amide bonds. The van der Waals surface area contributed by atoms with Crippen LogP contribution in [0, 0.1) is 0 Å². The van der Waals surface area contributed by atoms with Gasteiger partial charge >= 0.3 is 0 Å². The van der Waals surface area contributed by atoms with Gasteiger partial charge in [-0.1, -0.05) is 61.5 Å². The fourth-order valence-corrected chi connectivity index (χ4v) is 7.56. The van der Waals surface area contributed by atoms with Gasteiger partial charge in [-0.15, -0.1) is 0 Å². The summed E-state index contributed by atoms with van der Waals surface area (Å²) in [4.78, 5) is 0.152. The average molecular weight is 500 g/mol. The number of hydrogen-bond donors (Lipinski definition) is 0. The van der Waals surface area contributed by atoms with Gasteiger partial charge in [0.1, 0.15) is 5.75 Å². The molecule has 180 valence electrons. The van der Waals surface area contributed by atoms with Gasteiger partial charge in [0, 0.05) is 12.6 Å². The van der Waals surface area contributed by atoms with Crippen molar-refractivity contribution in [3.8, 4) is 16.9 Å². The molecule has 6 nitrogen and oxygen atoms in total. The minimum absolute atomic E-state index is 0.000424. The molecule has 0 aromatic heterocycles. The van der Waals surface area contributed by atoms with Crippen LogP contribution in [0.25, 0.3) is 11.1 Å². The van der Waals surface area contributed by atoms with E-state index in [0.717, 1.165) is 28.9 Å². The summed E-state index contributed by atoms with van der Waals surface area (Å²) in [5, 5.41) is 0. The van der Waals surface area contributed by atoms with Gasteiger partial charge in [0.25, 0.3) is 0 Å². The molecule has 3 aromatic rings. The summed E-state index contributed by atoms with van der Waals surface area (Å²) < 4.78 is 58.7. The van der Waals surface area contributed by atoms with Crippen molar-refractivity contribution in [2.75, 3.05) is 18.1 Å². The summed E-state index contributed by atoms with van der Waals surface area (Å²) in [6.07, 6.45) is 1.19. The first-order valence-electron chi connectivity index (χ1n) is 11.4. The van der Waals surface area contributed by atoms with E-state index < -0.39 is 25.9 Å². The van der Waals surface area contributed by atoms with E-state index in [9.17, 15) is 16.8 Å². The van der Waals surface area contributed by atoms with Crippen molar-refractivity contribution in [1.29, 1.82) is 0 Å². The zero-order valence-corrected chi connectivity index (χ0v) is 20.8. The van der Waals surface area contributed by atoms with E-state index in [0.29, 0.717) is 13.0 Å². The fourth-order valence-electron chi connectivity index (χ4n) is 4.09. The van der Waals surface area contributed by atoms with Gasteiger partial charge in [-0.3, -0.25) is 0 Å². The van der Waals surface area contributed by atoms with Crippen molar-refractivity contribution in [2.24, 2.45) is 0 Å². The molecule has 1 aliphatic rings. The summed E-state index contributed by atoms with van der Waals surface area (Å²) >= 11 is 0. The van der Waals surface area contributed by atoms with Gasteiger partial charge in [-0.2, -0.15) is 4.31 Å². The van der Waals surface area contributed by atoms with Crippen molar-refractivity contribution < 1.29 is 21.6 Å². The Bertz CT molecular complexity index is 1300. The van der Waals surface area contributed by atoms with Crippen LogP contribution in [0.2, 0.25) is 0 Å². The monoisotopic (exact) mass is 499 g/mol. The predicted octanol–water partition coefficient (Wildman–Crippen LogP) is 4.52. The molecule has 0 radical (unpaired) electrons. The van der Waals surface area contributed by atoms with Crippen molar-refractivity contribution in [2.45, 2.75) is 37.2 Å². The topological polar surface area (TPSA) is 80.8 Å². The Morgan fingerprint density at radius 1 is 0.912 bits per heavy atom. The first-order valence-corrected chi connectivity index (χ1v) is 14.6. The highest BCUT2D eigenvalue weighted by Crippen LogP contribution is 2.29. The van der Waals surface area contributed by atoms with Crippen LogP contribution in [0.4, 0.5) is 0 Å². The molecule has 1 atom stereocenters. The summed E-state index contributed by atoms with van der Waals surface area (Å²) in [7, 11) is -7.18. The molecule has 0 spiro atoms. The standard InChI is InChI=1S/C26H29NO5S2/c1-2-17-32-25-12-8-21(9-13-25)19-27(24-16-18-33(28,29)20-24)34(30,31)26-14-10-23(11-15-26)22-6-4-3-5-7-22/h3-15,24H,2,16-20H2,1H3/t24-/m0/s1. The second-order valence-corrected chi connectivity index (χ2v) is 12.6. The Balaban J connectivity index is 1.62. The normalized spacial score (nSPS) is 17.6. The van der Waals surface area contributed by atoms with E-state index in [4.69, 9.17) is 4.74 Å². The van der Waals surface area contributed by atoms with Crippen molar-refractivity contribution in [3.05, 3.63) is 84.4 Å². The summed E-state index contributed by atoms with van der Waals surface area (Å²) in [6.45, 7) is 2.73. The summed E-state index contributed by atoms with van der Waals surface area (Å²) in [6, 6.07) is 23.2. The number of hydrogen-bond acceptors (Lipinski definition) is 5. The molecule has 8 heteroatoms. The number of sulfonamides is 1. The van der Waals surface area contributed by atoms with Crippen molar-refractivity contribution in [3.63, 3.8) is 0 Å². The third kappa shape index (κ3) is 5.68. The van der Waals surface area contributed by atoms with E-state index in [1.807, 2.05) is 61.5 Å². The maximum Gasteiger partial charge on any atom is 0.243 e. The van der Waals surface area contributed by atoms with Gasteiger partial charge in [-0.05, 0) is 53.8 Å². The molecule has 0 bridgehead atoms. The lowest BCUT2D eigenvalue weighted by atomic mass is 10.1. The minimum atomic E-state index is -3.92. The highest BCUT2D eigenvalue weighted by atomic mass is 32.2. The van der Waals surface area contributed by atoms with E-state index in [-0.39, 0.29) is 22.9 Å². The van der Waals surface area contributed by atoms with Crippen molar-refractivity contribution in [1.82, 2.24) is 4.31 Å². The maximum absolute atomic E-state index is 13.7. The van der Waals surface area contributed by atoms with Gasteiger partial charge in [0.05, 0.1) is 23.0 Å². The van der Waals surface area contributed by atoms with Crippen molar-refractivity contribution >= 4 is 19.9 Å². The quantitative estimate of drug-likeness (QED) is 0.432. The molecule has 0 N–H and O–H groups in total. The molecule has 0 unspecified atom stereocenters. The average Bonchev–Trinajstić information content (AvgIpc) is 3.21. The maximum atomic E-state index is 13.7. The summed E-state index contributed by atoms with van der Waals surface area (Å²) in [5.74, 6) is 0.562. The molecular weight excluding hydrogens is 470 g/mol. The second kappa shape index (κ2) is 10.3. The van der Waals surface area contributed by atoms with Gasteiger partial charge in [-0.25, -0.2) is 16.8 Å². The van der Waals surface area contributed by atoms with E-state index in [1.54, 1.807) is 24.3 Å². The fraction of sp³-hybridized carbons (Fsp3) is 0.308. The first-order chi connectivity index (χ1) is 16.3. The molecule has 1 saturated heterocycles. The minimum Gasteiger partial charge on any atom is -0.494 e. The lowest BCUT2D eigenvalue weighted by molar-refractivity contribution is 0.316. The zero-order chi connectivity index (χ0) is 24.2. The van der Waals surface area contributed by atoms with Crippen LogP contribution in [-0.2, 0) is 26.4 Å². The number of ether oxygens (including phenoxy) is 1. The van der Waals surface area contributed by atoms with Gasteiger partial charge in [0.15, 0.2) is 9.84 Å². The van der Waals surface area contributed by atoms with Crippen LogP contribution in [0.1, 0.15) is 25.3 Å². The van der Waals surface area contributed by atoms with Crippen LogP contribution in [0.5, 0.6) is 5.75 Å². The second-order valence-electron chi connectivity index (χ2n) is 8.49. The number of rotatable bonds is 9. The largest absolute Gasteiger partial charge is 0.494 e. The first kappa shape index (κ1) is 24.4. The predicted molar refractivity (Wildman–Crippen MR) is 134 cm³/mol. The number of sulfone groups is 1. The lowest BCUT2D eigenvalue weighted by Crippen LogP contribution is -2.40. The van der Waals surface area contributed by atoms with Gasteiger partial charge in [0.2, 0.25) is 10.0 Å². The molecule has 0 aliphatic carbocycles. The Morgan fingerprint density at radius 3 is 2.15 bits per heavy atom. The molecular formula is C26H29NO5S2. The Hall–Kier alpha value is -2.68. The highest BCUT2D eigenvalue weighted by molar-refractivity contribution is 7.92. The van der Waals surface area contributed by atoms with E-state index in [1.165, 1.54) is 4.31 Å². The lowest BCUT2D eigenvalue weighted by Gasteiger charge is -2.27. The smallest absolute Gasteiger partial charge is 0.243 e. The third-order valence-corrected chi connectivity index (χ3v) is 9.58. The zero-order valence-electron chi connectivity index (χ0n) is 19.1. The highest BCUT2D eigenvalue weighted by Gasteiger charge is 2.38. The van der Waals surface area contributed by atoms with Gasteiger partial charge < -0.3 is 4.74 Å². The molecule has 1 fully saturated rings. The SMILES string of the molecule is CCCOc1ccc(CN([C@H]2CCS(=O)(=O)C2)S(=O)(=O)c2ccc(-c3ccccc3)cc2)cc1. The Labute approximate surface area is 202 Å².